The van der Waals surface area contributed by atoms with Gasteiger partial charge in [0.1, 0.15) is 0 Å². The molecular formula is C22H34O5Ti. The summed E-state index contributed by atoms with van der Waals surface area (Å²) in [7, 11) is 0.750. The normalized spacial score (nSPS) is 20.6. The van der Waals surface area contributed by atoms with Gasteiger partial charge in [0.2, 0.25) is 0 Å². The van der Waals surface area contributed by atoms with E-state index < -0.39 is 18.6 Å². The maximum absolute atomic E-state index is 12.2. The number of rotatable bonds is 7. The van der Waals surface area contributed by atoms with Crippen LogP contribution >= 0.6 is 0 Å². The standard InChI is InChI=1S/C13H17.2C4H8O2.CH3O.Ti/c1-3-7-12-10(5-1)9-11-6-2-4-8-13(11)12;2*1-2-3-4(5)6;1-2;/h5H,1-4,6-9H2;2*2-3H2,1H3,(H,5,6);1H3;/q;;;-1;+3/p-2. The molecule has 0 saturated heterocycles. The van der Waals surface area contributed by atoms with Crippen molar-refractivity contribution in [2.45, 2.75) is 95.1 Å². The number of carbonyl (C=O) groups excluding carboxylic acids is 2. The minimum Gasteiger partial charge on any atom is -0.857 e. The molecule has 3 aliphatic carbocycles. The average Bonchev–Trinajstić information content (AvgIpc) is 3.08. The fourth-order valence-corrected chi connectivity index (χ4v) is 7.61. The Morgan fingerprint density at radius 2 is 1.50 bits per heavy atom. The first-order valence-corrected chi connectivity index (χ1v) is 12.9. The Hall–Kier alpha value is -0.906. The minimum atomic E-state index is -2.74. The summed E-state index contributed by atoms with van der Waals surface area (Å²) in [5.74, 6) is -0.370. The van der Waals surface area contributed by atoms with Crippen LogP contribution in [0.15, 0.2) is 22.3 Å². The molecule has 0 radical (unpaired) electrons. The summed E-state index contributed by atoms with van der Waals surface area (Å²) in [4.78, 5) is 24.4. The van der Waals surface area contributed by atoms with Gasteiger partial charge >= 0.3 is 164 Å². The molecule has 0 aliphatic heterocycles. The Bertz CT molecular complexity index is 602. The van der Waals surface area contributed by atoms with E-state index in [1.54, 1.807) is 16.7 Å². The van der Waals surface area contributed by atoms with Crippen LogP contribution in [0.3, 0.4) is 0 Å². The molecule has 3 aliphatic rings. The zero-order valence-electron chi connectivity index (χ0n) is 17.6. The Balaban J connectivity index is 0.00000136. The summed E-state index contributed by atoms with van der Waals surface area (Å²) in [6.45, 7) is 3.94. The summed E-state index contributed by atoms with van der Waals surface area (Å²) in [5.41, 5.74) is 6.23. The van der Waals surface area contributed by atoms with Gasteiger partial charge in [-0.15, -0.1) is 0 Å². The third kappa shape index (κ3) is 5.81. The second-order valence-electron chi connectivity index (χ2n) is 7.68. The summed E-state index contributed by atoms with van der Waals surface area (Å²) < 4.78 is 11.9. The average molecular weight is 426 g/mol. The first-order chi connectivity index (χ1) is 13.6. The molecule has 0 heterocycles. The predicted molar refractivity (Wildman–Crippen MR) is 103 cm³/mol. The number of fused-ring (bicyclic) bond motifs is 1. The van der Waals surface area contributed by atoms with E-state index in [1.807, 2.05) is 13.8 Å². The molecule has 28 heavy (non-hydrogen) atoms. The zero-order chi connectivity index (χ0) is 20.5. The number of hydrogen-bond acceptors (Lipinski definition) is 5. The van der Waals surface area contributed by atoms with Gasteiger partial charge in [-0.2, -0.15) is 7.11 Å². The number of hydrogen-bond donors (Lipinski definition) is 0. The molecule has 0 aromatic heterocycles. The smallest absolute Gasteiger partial charge is 0.153 e. The Labute approximate surface area is 176 Å². The molecular weight excluding hydrogens is 392 g/mol. The van der Waals surface area contributed by atoms with Crippen LogP contribution in [0.25, 0.3) is 0 Å². The van der Waals surface area contributed by atoms with Crippen molar-refractivity contribution >= 4 is 11.9 Å². The van der Waals surface area contributed by atoms with Gasteiger partial charge < -0.3 is 5.11 Å². The topological polar surface area (TPSA) is 75.7 Å². The van der Waals surface area contributed by atoms with Gasteiger partial charge in [0.25, 0.3) is 0 Å². The number of allylic oxidation sites excluding steroid dienone is 4. The third-order valence-corrected chi connectivity index (χ3v) is 8.92. The molecule has 0 saturated carbocycles. The second-order valence-corrected chi connectivity index (χ2v) is 10.4. The van der Waals surface area contributed by atoms with E-state index in [0.717, 1.165) is 45.6 Å². The van der Waals surface area contributed by atoms with Crippen LogP contribution in [-0.2, 0) is 34.9 Å². The SMILES string of the molecule is CCCC(=O)[O][Ti+]([O]C(=O)CCC)[CH]1CCCC2=C1CC1=C2CCCC1.C[O-]. The molecule has 1 atom stereocenters. The third-order valence-electron chi connectivity index (χ3n) is 5.70. The van der Waals surface area contributed by atoms with Gasteiger partial charge in [0.05, 0.1) is 0 Å². The van der Waals surface area contributed by atoms with E-state index in [2.05, 4.69) is 0 Å². The molecule has 0 aromatic rings. The fourth-order valence-electron chi connectivity index (χ4n) is 4.52. The molecule has 0 bridgehead atoms. The largest absolute Gasteiger partial charge is 0.857 e. The summed E-state index contributed by atoms with van der Waals surface area (Å²) in [6, 6.07) is 0. The maximum Gasteiger partial charge on any atom is -0.153 e. The molecule has 3 rings (SSSR count). The molecule has 0 amide bonds. The van der Waals surface area contributed by atoms with Crippen molar-refractivity contribution in [1.29, 1.82) is 0 Å². The van der Waals surface area contributed by atoms with E-state index in [-0.39, 0.29) is 16.2 Å². The van der Waals surface area contributed by atoms with Gasteiger partial charge in [-0.25, -0.2) is 0 Å². The van der Waals surface area contributed by atoms with Crippen molar-refractivity contribution in [2.75, 3.05) is 7.11 Å². The van der Waals surface area contributed by atoms with Gasteiger partial charge in [0.15, 0.2) is 0 Å². The molecule has 1 unspecified atom stereocenters. The summed E-state index contributed by atoms with van der Waals surface area (Å²) in [5, 5.41) is 8.25. The van der Waals surface area contributed by atoms with Crippen molar-refractivity contribution in [3.05, 3.63) is 22.3 Å². The van der Waals surface area contributed by atoms with Crippen LogP contribution in [0.5, 0.6) is 0 Å². The molecule has 6 heteroatoms. The maximum atomic E-state index is 12.2. The Morgan fingerprint density at radius 3 is 2.11 bits per heavy atom. The van der Waals surface area contributed by atoms with Crippen LogP contribution in [0.4, 0.5) is 0 Å². The van der Waals surface area contributed by atoms with E-state index in [9.17, 15) is 9.59 Å². The van der Waals surface area contributed by atoms with E-state index in [0.29, 0.717) is 12.8 Å². The first kappa shape index (κ1) is 23.4. The van der Waals surface area contributed by atoms with Crippen LogP contribution in [0.1, 0.15) is 90.9 Å². The quantitative estimate of drug-likeness (QED) is 0.555. The molecule has 5 nitrogen and oxygen atoms in total. The minimum absolute atomic E-state index is 0.185. The molecule has 0 aromatic carbocycles. The van der Waals surface area contributed by atoms with Gasteiger partial charge in [-0.3, -0.25) is 0 Å². The van der Waals surface area contributed by atoms with Crippen LogP contribution < -0.4 is 5.11 Å². The molecule has 156 valence electrons. The second kappa shape index (κ2) is 11.9. The van der Waals surface area contributed by atoms with Crippen LogP contribution in [-0.4, -0.2) is 19.0 Å². The van der Waals surface area contributed by atoms with Gasteiger partial charge in [0, 0.05) is 0 Å². The molecule has 0 N–H and O–H groups in total. The van der Waals surface area contributed by atoms with Crippen LogP contribution in [0, 0.1) is 0 Å². The van der Waals surface area contributed by atoms with Crippen molar-refractivity contribution in [3.63, 3.8) is 0 Å². The van der Waals surface area contributed by atoms with Gasteiger partial charge in [-0.1, -0.05) is 0 Å². The predicted octanol–water partition coefficient (Wildman–Crippen LogP) is 4.64. The fraction of sp³-hybridized carbons (Fsp3) is 0.727. The van der Waals surface area contributed by atoms with E-state index >= 15 is 0 Å². The van der Waals surface area contributed by atoms with Crippen molar-refractivity contribution < 1.29 is 40.0 Å². The van der Waals surface area contributed by atoms with E-state index in [1.165, 1.54) is 31.3 Å². The van der Waals surface area contributed by atoms with Crippen molar-refractivity contribution in [3.8, 4) is 0 Å². The van der Waals surface area contributed by atoms with Crippen LogP contribution in [0.2, 0.25) is 4.22 Å². The zero-order valence-corrected chi connectivity index (χ0v) is 19.2. The van der Waals surface area contributed by atoms with Gasteiger partial charge in [-0.05, 0) is 0 Å². The Kier molecular flexibility index (Phi) is 9.97. The molecule has 0 fully saturated rings. The van der Waals surface area contributed by atoms with Crippen molar-refractivity contribution in [2.24, 2.45) is 0 Å². The first-order valence-electron chi connectivity index (χ1n) is 10.8. The monoisotopic (exact) mass is 426 g/mol. The van der Waals surface area contributed by atoms with E-state index in [4.69, 9.17) is 11.7 Å². The summed E-state index contributed by atoms with van der Waals surface area (Å²) >= 11 is -2.74. The Morgan fingerprint density at radius 1 is 0.929 bits per heavy atom. The number of carbonyl (C=O) groups is 2. The van der Waals surface area contributed by atoms with Crippen molar-refractivity contribution in [1.82, 2.24) is 0 Å². The molecule has 0 spiro atoms. The summed E-state index contributed by atoms with van der Waals surface area (Å²) in [6.07, 6.45) is 11.7.